The number of hydrogen-bond donors (Lipinski definition) is 0. The quantitative estimate of drug-likeness (QED) is 0.630. The highest BCUT2D eigenvalue weighted by Crippen LogP contribution is 2.32. The van der Waals surface area contributed by atoms with Gasteiger partial charge in [-0.3, -0.25) is 9.59 Å². The zero-order valence-corrected chi connectivity index (χ0v) is 18.0. The molecule has 0 aliphatic carbocycles. The molecule has 1 aromatic heterocycles. The molecule has 0 bridgehead atoms. The number of rotatable bonds is 5. The molecule has 1 saturated heterocycles. The number of carbonyl (C=O) groups excluding carboxylic acids is 1. The summed E-state index contributed by atoms with van der Waals surface area (Å²) in [6.45, 7) is 4.66. The molecule has 7 nitrogen and oxygen atoms in total. The Hall–Kier alpha value is -3.32. The summed E-state index contributed by atoms with van der Waals surface area (Å²) in [5.41, 5.74) is 1.84. The van der Waals surface area contributed by atoms with Gasteiger partial charge in [0.05, 0.1) is 12.5 Å². The molecule has 0 atom stereocenters. The molecule has 2 aromatic carbocycles. The van der Waals surface area contributed by atoms with Crippen LogP contribution in [0.25, 0.3) is 22.3 Å². The zero-order valence-electron chi connectivity index (χ0n) is 18.0. The molecule has 2 heterocycles. The van der Waals surface area contributed by atoms with Gasteiger partial charge in [0.2, 0.25) is 11.2 Å². The van der Waals surface area contributed by atoms with Crippen molar-refractivity contribution < 1.29 is 18.7 Å². The number of nitrogens with zero attached hydrogens (tertiary/aromatic N) is 2. The highest BCUT2D eigenvalue weighted by molar-refractivity contribution is 5.83. The monoisotopic (exact) mass is 422 g/mol. The summed E-state index contributed by atoms with van der Waals surface area (Å²) in [5.74, 6) is 0.897. The Bertz CT molecular complexity index is 1150. The van der Waals surface area contributed by atoms with E-state index in [1.54, 1.807) is 42.3 Å². The number of carbonyl (C=O) groups is 1. The van der Waals surface area contributed by atoms with E-state index in [4.69, 9.17) is 13.9 Å². The second-order valence-electron chi connectivity index (χ2n) is 7.79. The number of ether oxygens (including phenoxy) is 2. The normalized spacial score (nSPS) is 14.6. The minimum atomic E-state index is -0.293. The molecule has 31 heavy (non-hydrogen) atoms. The lowest BCUT2D eigenvalue weighted by atomic mass is 10.1. The molecule has 0 N–H and O–H groups in total. The van der Waals surface area contributed by atoms with Crippen molar-refractivity contribution in [2.45, 2.75) is 6.92 Å². The molecule has 1 fully saturated rings. The van der Waals surface area contributed by atoms with E-state index >= 15 is 0 Å². The summed E-state index contributed by atoms with van der Waals surface area (Å²) in [6.07, 6.45) is 0. The lowest BCUT2D eigenvalue weighted by molar-refractivity contribution is -0.134. The van der Waals surface area contributed by atoms with E-state index in [0.717, 1.165) is 18.7 Å². The Morgan fingerprint density at radius 1 is 1.06 bits per heavy atom. The number of hydrogen-bond acceptors (Lipinski definition) is 6. The minimum Gasteiger partial charge on any atom is -0.497 e. The third-order valence-corrected chi connectivity index (χ3v) is 5.55. The maximum Gasteiger partial charge on any atom is 0.260 e. The van der Waals surface area contributed by atoms with Crippen LogP contribution in [0.1, 0.15) is 5.56 Å². The molecule has 1 aliphatic rings. The first kappa shape index (κ1) is 20.9. The maximum atomic E-state index is 13.2. The maximum absolute atomic E-state index is 13.2. The summed E-state index contributed by atoms with van der Waals surface area (Å²) in [5, 5.41) is 0.421. The van der Waals surface area contributed by atoms with Crippen LogP contribution in [0.5, 0.6) is 11.5 Å². The smallest absolute Gasteiger partial charge is 0.260 e. The third kappa shape index (κ3) is 4.41. The standard InChI is InChI=1S/C24H26N2O5/c1-16-4-9-19-20(14-16)31-23(17-5-7-18(29-3)8-6-17)24(22(19)28)30-15-21(27)26-12-10-25(2)11-13-26/h4-9,14H,10-13,15H2,1-3H3. The van der Waals surface area contributed by atoms with E-state index < -0.39 is 0 Å². The van der Waals surface area contributed by atoms with Gasteiger partial charge in [0.15, 0.2) is 12.4 Å². The molecule has 1 aliphatic heterocycles. The van der Waals surface area contributed by atoms with E-state index in [9.17, 15) is 9.59 Å². The van der Waals surface area contributed by atoms with E-state index in [1.165, 1.54) is 0 Å². The second kappa shape index (κ2) is 8.81. The molecule has 7 heteroatoms. The first-order chi connectivity index (χ1) is 15.0. The fourth-order valence-corrected chi connectivity index (χ4v) is 3.63. The fourth-order valence-electron chi connectivity index (χ4n) is 3.63. The Balaban J connectivity index is 1.69. The van der Waals surface area contributed by atoms with Gasteiger partial charge in [-0.2, -0.15) is 0 Å². The summed E-state index contributed by atoms with van der Waals surface area (Å²) in [6, 6.07) is 12.6. The van der Waals surface area contributed by atoms with Gasteiger partial charge in [-0.05, 0) is 55.9 Å². The Kier molecular flexibility index (Phi) is 5.95. The fraction of sp³-hybridized carbons (Fsp3) is 0.333. The van der Waals surface area contributed by atoms with Crippen LogP contribution in [-0.2, 0) is 4.79 Å². The summed E-state index contributed by atoms with van der Waals surface area (Å²) < 4.78 is 17.1. The highest BCUT2D eigenvalue weighted by Gasteiger charge is 2.22. The van der Waals surface area contributed by atoms with Gasteiger partial charge >= 0.3 is 0 Å². The number of methoxy groups -OCH3 is 1. The van der Waals surface area contributed by atoms with Gasteiger partial charge in [0.25, 0.3) is 5.91 Å². The van der Waals surface area contributed by atoms with Gasteiger partial charge in [-0.1, -0.05) is 6.07 Å². The second-order valence-corrected chi connectivity index (χ2v) is 7.79. The van der Waals surface area contributed by atoms with Crippen molar-refractivity contribution in [2.24, 2.45) is 0 Å². The predicted octanol–water partition coefficient (Wildman–Crippen LogP) is 2.93. The number of aryl methyl sites for hydroxylation is 1. The van der Waals surface area contributed by atoms with Crippen molar-refractivity contribution in [3.63, 3.8) is 0 Å². The molecule has 162 valence electrons. The van der Waals surface area contributed by atoms with Crippen LogP contribution in [0.4, 0.5) is 0 Å². The van der Waals surface area contributed by atoms with E-state index in [0.29, 0.717) is 41.1 Å². The van der Waals surface area contributed by atoms with Crippen LogP contribution in [0.2, 0.25) is 0 Å². The van der Waals surface area contributed by atoms with E-state index in [-0.39, 0.29) is 23.7 Å². The van der Waals surface area contributed by atoms with Crippen molar-refractivity contribution >= 4 is 16.9 Å². The average Bonchev–Trinajstić information content (AvgIpc) is 2.78. The zero-order chi connectivity index (χ0) is 22.0. The average molecular weight is 422 g/mol. The van der Waals surface area contributed by atoms with Crippen molar-refractivity contribution in [3.8, 4) is 22.8 Å². The lowest BCUT2D eigenvalue weighted by Crippen LogP contribution is -2.48. The summed E-state index contributed by atoms with van der Waals surface area (Å²) in [4.78, 5) is 29.8. The van der Waals surface area contributed by atoms with Crippen LogP contribution in [0.15, 0.2) is 51.7 Å². The Labute approximate surface area is 180 Å². The number of benzene rings is 2. The minimum absolute atomic E-state index is 0.0454. The lowest BCUT2D eigenvalue weighted by Gasteiger charge is -2.32. The van der Waals surface area contributed by atoms with Gasteiger partial charge in [0.1, 0.15) is 11.3 Å². The molecule has 0 spiro atoms. The summed E-state index contributed by atoms with van der Waals surface area (Å²) in [7, 11) is 3.62. The molecule has 0 saturated carbocycles. The van der Waals surface area contributed by atoms with Crippen molar-refractivity contribution in [1.82, 2.24) is 9.80 Å². The van der Waals surface area contributed by atoms with Gasteiger partial charge < -0.3 is 23.7 Å². The highest BCUT2D eigenvalue weighted by atomic mass is 16.5. The molecule has 3 aromatic rings. The van der Waals surface area contributed by atoms with Crippen LogP contribution in [0.3, 0.4) is 0 Å². The SMILES string of the molecule is COc1ccc(-c2oc3cc(C)ccc3c(=O)c2OCC(=O)N2CCN(C)CC2)cc1. The largest absolute Gasteiger partial charge is 0.497 e. The van der Waals surface area contributed by atoms with Crippen LogP contribution >= 0.6 is 0 Å². The topological polar surface area (TPSA) is 72.2 Å². The van der Waals surface area contributed by atoms with Crippen molar-refractivity contribution in [1.29, 1.82) is 0 Å². The van der Waals surface area contributed by atoms with Crippen LogP contribution in [-0.4, -0.2) is 62.7 Å². The van der Waals surface area contributed by atoms with Crippen LogP contribution < -0.4 is 14.9 Å². The van der Waals surface area contributed by atoms with E-state index in [2.05, 4.69) is 4.90 Å². The summed E-state index contributed by atoms with van der Waals surface area (Å²) >= 11 is 0. The van der Waals surface area contributed by atoms with E-state index in [1.807, 2.05) is 26.1 Å². The third-order valence-electron chi connectivity index (χ3n) is 5.55. The van der Waals surface area contributed by atoms with Gasteiger partial charge in [-0.25, -0.2) is 0 Å². The molecular weight excluding hydrogens is 396 g/mol. The van der Waals surface area contributed by atoms with Gasteiger partial charge in [0, 0.05) is 31.7 Å². The first-order valence-corrected chi connectivity index (χ1v) is 10.3. The molecular formula is C24H26N2O5. The molecule has 0 radical (unpaired) electrons. The molecule has 0 unspecified atom stereocenters. The van der Waals surface area contributed by atoms with Crippen LogP contribution in [0, 0.1) is 6.92 Å². The predicted molar refractivity (Wildman–Crippen MR) is 119 cm³/mol. The Morgan fingerprint density at radius 3 is 2.45 bits per heavy atom. The number of fused-ring (bicyclic) bond motifs is 1. The number of amides is 1. The molecule has 1 amide bonds. The first-order valence-electron chi connectivity index (χ1n) is 10.3. The van der Waals surface area contributed by atoms with Crippen molar-refractivity contribution in [2.75, 3.05) is 46.9 Å². The Morgan fingerprint density at radius 2 is 1.77 bits per heavy atom. The van der Waals surface area contributed by atoms with Crippen molar-refractivity contribution in [3.05, 3.63) is 58.3 Å². The number of piperazine rings is 1. The molecule has 4 rings (SSSR count). The van der Waals surface area contributed by atoms with Gasteiger partial charge in [-0.15, -0.1) is 0 Å². The number of likely N-dealkylation sites (N-methyl/N-ethyl adjacent to an activating group) is 1.